The highest BCUT2D eigenvalue weighted by Gasteiger charge is 2.65. The summed E-state index contributed by atoms with van der Waals surface area (Å²) in [6.07, 6.45) is -24.3. The van der Waals surface area contributed by atoms with Gasteiger partial charge >= 0.3 is 24.7 Å². The summed E-state index contributed by atoms with van der Waals surface area (Å²) in [6.45, 7) is -1.17. The molecule has 0 bridgehead atoms. The number of halogens is 13. The van der Waals surface area contributed by atoms with Crippen molar-refractivity contribution < 1.29 is 62.3 Å². The lowest BCUT2D eigenvalue weighted by atomic mass is 9.72. The fourth-order valence-corrected chi connectivity index (χ4v) is 4.93. The number of rotatable bonds is 6. The van der Waals surface area contributed by atoms with E-state index in [4.69, 9.17) is 0 Å². The van der Waals surface area contributed by atoms with Crippen molar-refractivity contribution in [1.82, 2.24) is 10.3 Å². The number of aldehydes is 1. The van der Waals surface area contributed by atoms with Gasteiger partial charge in [0.2, 0.25) is 5.91 Å². The molecule has 0 saturated carbocycles. The minimum Gasteiger partial charge on any atom is -0.352 e. The summed E-state index contributed by atoms with van der Waals surface area (Å²) in [5.74, 6) is -1.74. The first-order chi connectivity index (χ1) is 18.6. The largest absolute Gasteiger partial charge is 0.416 e. The minimum absolute atomic E-state index is 0.0703. The topological polar surface area (TPSA) is 62.3 Å². The summed E-state index contributed by atoms with van der Waals surface area (Å²) in [6, 6.07) is -0.656. The van der Waals surface area contributed by atoms with Crippen molar-refractivity contribution >= 4 is 33.9 Å². The molecule has 2 unspecified atom stereocenters. The van der Waals surface area contributed by atoms with Crippen molar-refractivity contribution in [1.29, 1.82) is 0 Å². The lowest BCUT2D eigenvalue weighted by molar-refractivity contribution is -0.192. The van der Waals surface area contributed by atoms with Crippen molar-refractivity contribution in [3.05, 3.63) is 57.2 Å². The number of nitrogens with zero attached hydrogens (tertiary/aromatic N) is 2. The number of carbonyl (C=O) groups is 2. The maximum Gasteiger partial charge on any atom is 0.416 e. The lowest BCUT2D eigenvalue weighted by Crippen LogP contribution is -2.53. The van der Waals surface area contributed by atoms with Gasteiger partial charge in [0.05, 0.1) is 11.1 Å². The number of carbonyl (C=O) groups excluding carboxylic acids is 2. The van der Waals surface area contributed by atoms with Gasteiger partial charge in [-0.1, -0.05) is 6.07 Å². The fraction of sp³-hybridized carbons (Fsp3) is 0.435. The molecule has 3 rings (SSSR count). The van der Waals surface area contributed by atoms with Crippen LogP contribution in [0, 0.1) is 0 Å². The van der Waals surface area contributed by atoms with E-state index < -0.39 is 84.7 Å². The molecule has 1 aromatic carbocycles. The molecular formula is C23H16BrF12N3O2. The van der Waals surface area contributed by atoms with Gasteiger partial charge in [-0.05, 0) is 52.2 Å². The van der Waals surface area contributed by atoms with E-state index in [-0.39, 0.29) is 40.5 Å². The number of benzene rings is 1. The number of hydrogen-bond donors (Lipinski definition) is 1. The maximum atomic E-state index is 14.6. The molecule has 1 saturated heterocycles. The van der Waals surface area contributed by atoms with Gasteiger partial charge in [-0.3, -0.25) is 4.79 Å². The Labute approximate surface area is 231 Å². The average molecular weight is 674 g/mol. The molecule has 0 radical (unpaired) electrons. The van der Waals surface area contributed by atoms with Crippen molar-refractivity contribution in [2.75, 3.05) is 11.4 Å². The molecule has 1 N–H and O–H groups in total. The van der Waals surface area contributed by atoms with Crippen LogP contribution in [0.1, 0.15) is 35.1 Å². The van der Waals surface area contributed by atoms with Gasteiger partial charge in [0.1, 0.15) is 34.6 Å². The van der Waals surface area contributed by atoms with Crippen LogP contribution in [0.15, 0.2) is 34.9 Å². The van der Waals surface area contributed by atoms with Gasteiger partial charge in [0.25, 0.3) is 0 Å². The van der Waals surface area contributed by atoms with Crippen LogP contribution < -0.4 is 10.2 Å². The second-order valence-electron chi connectivity index (χ2n) is 8.98. The Hall–Kier alpha value is -3.05. The standard InChI is InChI=1S/C23H16BrF12N3O2/c24-18-11(9-37-17(41)8-20(25,26)27)1-2-16(38-18)39-4-3-19(15(39)10-40,23(34,35)36)12-5-13(21(28,29)30)7-14(6-12)22(31,32)33/h1-2,5-7,10,15H,3-4,8-9H2,(H,37,41). The zero-order valence-corrected chi connectivity index (χ0v) is 21.6. The van der Waals surface area contributed by atoms with E-state index in [1.807, 2.05) is 5.32 Å². The summed E-state index contributed by atoms with van der Waals surface area (Å²) in [5.41, 5.74) is -8.84. The number of anilines is 1. The molecule has 226 valence electrons. The zero-order chi connectivity index (χ0) is 31.2. The molecule has 2 atom stereocenters. The van der Waals surface area contributed by atoms with E-state index in [0.29, 0.717) is 0 Å². The van der Waals surface area contributed by atoms with Gasteiger partial charge in [-0.2, -0.15) is 52.7 Å². The first-order valence-electron chi connectivity index (χ1n) is 11.2. The summed E-state index contributed by atoms with van der Waals surface area (Å²) < 4.78 is 161. The van der Waals surface area contributed by atoms with Gasteiger partial charge < -0.3 is 15.0 Å². The molecule has 1 amide bonds. The molecule has 0 aliphatic carbocycles. The van der Waals surface area contributed by atoms with Crippen LogP contribution in [-0.4, -0.2) is 42.1 Å². The number of nitrogens with one attached hydrogen (secondary N) is 1. The first-order valence-corrected chi connectivity index (χ1v) is 12.0. The number of alkyl halides is 12. The normalized spacial score (nSPS) is 20.3. The third-order valence-corrected chi connectivity index (χ3v) is 7.05. The van der Waals surface area contributed by atoms with E-state index in [1.54, 1.807) is 0 Å². The molecule has 2 heterocycles. The fourth-order valence-electron chi connectivity index (χ4n) is 4.48. The number of pyridine rings is 1. The van der Waals surface area contributed by atoms with Crippen LogP contribution in [0.4, 0.5) is 58.5 Å². The second-order valence-corrected chi connectivity index (χ2v) is 9.73. The monoisotopic (exact) mass is 673 g/mol. The van der Waals surface area contributed by atoms with E-state index >= 15 is 0 Å². The molecule has 41 heavy (non-hydrogen) atoms. The lowest BCUT2D eigenvalue weighted by Gasteiger charge is -2.38. The predicted octanol–water partition coefficient (Wildman–Crippen LogP) is 6.73. The smallest absolute Gasteiger partial charge is 0.352 e. The van der Waals surface area contributed by atoms with Crippen molar-refractivity contribution in [3.8, 4) is 0 Å². The Bertz CT molecular complexity index is 1270. The molecule has 0 spiro atoms. The third kappa shape index (κ3) is 6.89. The SMILES string of the molecule is O=CC1N(c2ccc(CNC(=O)CC(F)(F)F)c(Br)n2)CCC1(c1cc(C(F)(F)F)cc(C(F)(F)F)c1)C(F)(F)F. The van der Waals surface area contributed by atoms with E-state index in [1.165, 1.54) is 0 Å². The highest BCUT2D eigenvalue weighted by Crippen LogP contribution is 2.53. The molecule has 5 nitrogen and oxygen atoms in total. The highest BCUT2D eigenvalue weighted by atomic mass is 79.9. The second kappa shape index (κ2) is 11.0. The summed E-state index contributed by atoms with van der Waals surface area (Å²) in [4.78, 5) is 28.2. The Morgan fingerprint density at radius 2 is 1.54 bits per heavy atom. The van der Waals surface area contributed by atoms with Crippen molar-refractivity contribution in [2.45, 2.75) is 55.5 Å². The molecule has 1 aliphatic heterocycles. The minimum atomic E-state index is -5.51. The van der Waals surface area contributed by atoms with Crippen LogP contribution in [0.5, 0.6) is 0 Å². The molecule has 2 aromatic rings. The Morgan fingerprint density at radius 1 is 0.976 bits per heavy atom. The van der Waals surface area contributed by atoms with Crippen LogP contribution >= 0.6 is 15.9 Å². The van der Waals surface area contributed by atoms with Crippen LogP contribution in [-0.2, 0) is 33.9 Å². The van der Waals surface area contributed by atoms with Crippen LogP contribution in [0.3, 0.4) is 0 Å². The summed E-state index contributed by atoms with van der Waals surface area (Å²) >= 11 is 2.95. The Balaban J connectivity index is 2.05. The molecule has 18 heteroatoms. The average Bonchev–Trinajstić information content (AvgIpc) is 3.21. The summed E-state index contributed by atoms with van der Waals surface area (Å²) in [7, 11) is 0. The number of amides is 1. The third-order valence-electron chi connectivity index (χ3n) is 6.37. The first kappa shape index (κ1) is 32.5. The van der Waals surface area contributed by atoms with Crippen molar-refractivity contribution in [2.24, 2.45) is 0 Å². The summed E-state index contributed by atoms with van der Waals surface area (Å²) in [5, 5.41) is 1.96. The van der Waals surface area contributed by atoms with Gasteiger partial charge in [-0.15, -0.1) is 0 Å². The number of hydrogen-bond acceptors (Lipinski definition) is 4. The number of aromatic nitrogens is 1. The Kier molecular flexibility index (Phi) is 8.69. The quantitative estimate of drug-likeness (QED) is 0.210. The molecule has 1 aromatic heterocycles. The van der Waals surface area contributed by atoms with E-state index in [2.05, 4.69) is 20.9 Å². The van der Waals surface area contributed by atoms with Crippen LogP contribution in [0.25, 0.3) is 0 Å². The highest BCUT2D eigenvalue weighted by molar-refractivity contribution is 9.10. The predicted molar refractivity (Wildman–Crippen MR) is 120 cm³/mol. The van der Waals surface area contributed by atoms with Crippen molar-refractivity contribution in [3.63, 3.8) is 0 Å². The van der Waals surface area contributed by atoms with E-state index in [0.717, 1.165) is 17.0 Å². The zero-order valence-electron chi connectivity index (χ0n) is 20.0. The van der Waals surface area contributed by atoms with Gasteiger partial charge in [-0.25, -0.2) is 4.98 Å². The Morgan fingerprint density at radius 3 is 1.98 bits per heavy atom. The maximum absolute atomic E-state index is 14.6. The van der Waals surface area contributed by atoms with E-state index in [9.17, 15) is 62.3 Å². The van der Waals surface area contributed by atoms with Gasteiger partial charge in [0.15, 0.2) is 0 Å². The molecular weight excluding hydrogens is 658 g/mol. The molecule has 1 aliphatic rings. The molecule has 1 fully saturated rings. The van der Waals surface area contributed by atoms with Gasteiger partial charge in [0, 0.05) is 18.7 Å². The van der Waals surface area contributed by atoms with Crippen LogP contribution in [0.2, 0.25) is 0 Å².